The normalized spacial score (nSPS) is 10.9. The van der Waals surface area contributed by atoms with Gasteiger partial charge in [0.1, 0.15) is 10.6 Å². The first-order valence-electron chi connectivity index (χ1n) is 12.6. The lowest BCUT2D eigenvalue weighted by Gasteiger charge is -2.14. The molecule has 0 bridgehead atoms. The van der Waals surface area contributed by atoms with Crippen molar-refractivity contribution in [1.82, 2.24) is 14.5 Å². The van der Waals surface area contributed by atoms with E-state index in [2.05, 4.69) is 5.32 Å². The summed E-state index contributed by atoms with van der Waals surface area (Å²) in [5.74, 6) is 0.815. The second-order valence-corrected chi connectivity index (χ2v) is 10.2. The Balaban J connectivity index is 1.54. The van der Waals surface area contributed by atoms with Crippen LogP contribution in [0.4, 0.5) is 5.13 Å². The molecule has 0 atom stereocenters. The fourth-order valence-corrected chi connectivity index (χ4v) is 5.41. The molecule has 8 heteroatoms. The van der Waals surface area contributed by atoms with E-state index in [4.69, 9.17) is 14.7 Å². The minimum Gasteiger partial charge on any atom is -0.497 e. The largest absolute Gasteiger partial charge is 0.497 e. The fourth-order valence-electron chi connectivity index (χ4n) is 4.45. The lowest BCUT2D eigenvalue weighted by molar-refractivity contribution is 0.102. The number of thiazole rings is 1. The zero-order valence-corrected chi connectivity index (χ0v) is 22.6. The summed E-state index contributed by atoms with van der Waals surface area (Å²) >= 11 is 1.28. The van der Waals surface area contributed by atoms with Gasteiger partial charge in [0.15, 0.2) is 11.0 Å². The molecule has 0 aliphatic rings. The van der Waals surface area contributed by atoms with Gasteiger partial charge in [-0.05, 0) is 55.5 Å². The number of para-hydroxylation sites is 1. The molecule has 0 fully saturated rings. The highest BCUT2D eigenvalue weighted by Crippen LogP contribution is 2.39. The van der Waals surface area contributed by atoms with E-state index in [0.717, 1.165) is 11.1 Å². The van der Waals surface area contributed by atoms with Crippen LogP contribution in [0.2, 0.25) is 0 Å². The van der Waals surface area contributed by atoms with Crippen LogP contribution >= 0.6 is 11.3 Å². The van der Waals surface area contributed by atoms with Crippen molar-refractivity contribution in [3.05, 3.63) is 125 Å². The van der Waals surface area contributed by atoms with Crippen LogP contribution in [0, 0.1) is 6.92 Å². The number of carbonyl (C=O) groups excluding carboxylic acids is 1. The number of nitrogens with one attached hydrogen (secondary N) is 1. The van der Waals surface area contributed by atoms with Crippen molar-refractivity contribution >= 4 is 33.3 Å². The van der Waals surface area contributed by atoms with Crippen molar-refractivity contribution in [2.24, 2.45) is 0 Å². The number of benzene rings is 4. The van der Waals surface area contributed by atoms with E-state index >= 15 is 0 Å². The Bertz CT molecular complexity index is 1890. The number of carbonyl (C=O) groups is 1. The van der Waals surface area contributed by atoms with Gasteiger partial charge in [0.05, 0.1) is 29.4 Å². The molecule has 7 nitrogen and oxygen atoms in total. The maximum atomic E-state index is 13.9. The average molecular weight is 545 g/mol. The first kappa shape index (κ1) is 25.2. The molecular weight excluding hydrogens is 520 g/mol. The molecule has 0 radical (unpaired) electrons. The molecule has 1 amide bonds. The third kappa shape index (κ3) is 4.76. The number of fused-ring (bicyclic) bond motifs is 1. The van der Waals surface area contributed by atoms with E-state index < -0.39 is 0 Å². The molecule has 2 aromatic heterocycles. The number of hydrogen-bond donors (Lipinski definition) is 1. The molecule has 0 aliphatic carbocycles. The van der Waals surface area contributed by atoms with Crippen LogP contribution in [-0.4, -0.2) is 27.6 Å². The maximum Gasteiger partial charge on any atom is 0.266 e. The third-order valence-electron chi connectivity index (χ3n) is 6.52. The van der Waals surface area contributed by atoms with Crippen molar-refractivity contribution in [1.29, 1.82) is 0 Å². The fraction of sp³-hybridized carbons (Fsp3) is 0.0625. The molecule has 6 aromatic rings. The molecule has 4 aromatic carbocycles. The van der Waals surface area contributed by atoms with E-state index in [9.17, 15) is 9.59 Å². The lowest BCUT2D eigenvalue weighted by Crippen LogP contribution is -2.21. The Morgan fingerprint density at radius 1 is 0.850 bits per heavy atom. The summed E-state index contributed by atoms with van der Waals surface area (Å²) < 4.78 is 6.82. The molecule has 2 heterocycles. The van der Waals surface area contributed by atoms with Gasteiger partial charge in [0.25, 0.3) is 11.5 Å². The molecule has 40 heavy (non-hydrogen) atoms. The highest BCUT2D eigenvalue weighted by Gasteiger charge is 2.23. The van der Waals surface area contributed by atoms with Crippen molar-refractivity contribution in [3.8, 4) is 33.4 Å². The predicted octanol–water partition coefficient (Wildman–Crippen LogP) is 6.75. The average Bonchev–Trinajstić information content (AvgIpc) is 3.42. The van der Waals surface area contributed by atoms with E-state index in [0.29, 0.717) is 49.4 Å². The van der Waals surface area contributed by atoms with Gasteiger partial charge < -0.3 is 4.74 Å². The zero-order valence-electron chi connectivity index (χ0n) is 21.8. The summed E-state index contributed by atoms with van der Waals surface area (Å²) in [4.78, 5) is 37.5. The molecule has 196 valence electrons. The first-order chi connectivity index (χ1) is 19.5. The summed E-state index contributed by atoms with van der Waals surface area (Å²) in [5, 5.41) is 3.84. The monoisotopic (exact) mass is 544 g/mol. The molecule has 0 saturated heterocycles. The first-order valence-corrected chi connectivity index (χ1v) is 13.4. The van der Waals surface area contributed by atoms with Crippen molar-refractivity contribution in [3.63, 3.8) is 0 Å². The molecule has 6 rings (SSSR count). The summed E-state index contributed by atoms with van der Waals surface area (Å²) in [6.45, 7) is 2.00. The number of methoxy groups -OCH3 is 1. The Hall–Kier alpha value is -5.08. The van der Waals surface area contributed by atoms with Crippen LogP contribution in [-0.2, 0) is 0 Å². The van der Waals surface area contributed by atoms with Gasteiger partial charge in [0, 0.05) is 11.1 Å². The number of rotatable bonds is 6. The van der Waals surface area contributed by atoms with Gasteiger partial charge in [-0.1, -0.05) is 71.5 Å². The van der Waals surface area contributed by atoms with Gasteiger partial charge in [-0.3, -0.25) is 19.5 Å². The van der Waals surface area contributed by atoms with Crippen LogP contribution in [0.1, 0.15) is 15.9 Å². The van der Waals surface area contributed by atoms with Crippen LogP contribution in [0.25, 0.3) is 38.5 Å². The summed E-state index contributed by atoms with van der Waals surface area (Å²) in [6, 6.07) is 31.6. The third-order valence-corrected chi connectivity index (χ3v) is 7.48. The van der Waals surface area contributed by atoms with Gasteiger partial charge in [-0.25, -0.2) is 9.97 Å². The smallest absolute Gasteiger partial charge is 0.266 e. The SMILES string of the molecule is COc1ccc(C(=O)Nc2nc(-c3ccccc3)c(-c3nc4ccccc4c(=O)n3-c3ccc(C)cc3)s2)cc1. The van der Waals surface area contributed by atoms with Crippen molar-refractivity contribution in [2.75, 3.05) is 12.4 Å². The summed E-state index contributed by atoms with van der Waals surface area (Å²) in [5.41, 5.74) is 4.12. The number of hydrogen-bond acceptors (Lipinski definition) is 6. The molecule has 0 spiro atoms. The topological polar surface area (TPSA) is 86.1 Å². The van der Waals surface area contributed by atoms with Gasteiger partial charge in [-0.2, -0.15) is 0 Å². The number of anilines is 1. The van der Waals surface area contributed by atoms with Crippen LogP contribution in [0.3, 0.4) is 0 Å². The summed E-state index contributed by atoms with van der Waals surface area (Å²) in [7, 11) is 1.58. The van der Waals surface area contributed by atoms with Gasteiger partial charge in [-0.15, -0.1) is 0 Å². The van der Waals surface area contributed by atoms with Crippen LogP contribution in [0.5, 0.6) is 5.75 Å². The summed E-state index contributed by atoms with van der Waals surface area (Å²) in [6.07, 6.45) is 0. The van der Waals surface area contributed by atoms with E-state index in [1.807, 2.05) is 79.7 Å². The minimum absolute atomic E-state index is 0.180. The minimum atomic E-state index is -0.301. The lowest BCUT2D eigenvalue weighted by atomic mass is 10.1. The van der Waals surface area contributed by atoms with E-state index in [-0.39, 0.29) is 11.5 Å². The van der Waals surface area contributed by atoms with Crippen LogP contribution < -0.4 is 15.6 Å². The van der Waals surface area contributed by atoms with Gasteiger partial charge >= 0.3 is 0 Å². The standard InChI is InChI=1S/C32H24N4O3S/c1-20-12-16-23(17-13-20)36-29(33-26-11-7-6-10-25(26)31(36)38)28-27(21-8-4-3-5-9-21)34-32(40-28)35-30(37)22-14-18-24(39-2)19-15-22/h3-19H,1-2H3,(H,34,35,37). The zero-order chi connectivity index (χ0) is 27.6. The Morgan fingerprint density at radius 2 is 1.55 bits per heavy atom. The van der Waals surface area contributed by atoms with E-state index in [1.165, 1.54) is 11.3 Å². The number of nitrogens with zero attached hydrogens (tertiary/aromatic N) is 3. The number of aromatic nitrogens is 3. The second-order valence-electron chi connectivity index (χ2n) is 9.17. The Morgan fingerprint density at radius 3 is 2.27 bits per heavy atom. The number of aryl methyl sites for hydroxylation is 1. The van der Waals surface area contributed by atoms with E-state index in [1.54, 1.807) is 42.0 Å². The molecule has 0 aliphatic heterocycles. The molecule has 1 N–H and O–H groups in total. The number of amides is 1. The maximum absolute atomic E-state index is 13.9. The molecule has 0 saturated carbocycles. The Labute approximate surface area is 234 Å². The van der Waals surface area contributed by atoms with Crippen molar-refractivity contribution in [2.45, 2.75) is 6.92 Å². The highest BCUT2D eigenvalue weighted by molar-refractivity contribution is 7.19. The molecule has 0 unspecified atom stereocenters. The quantitative estimate of drug-likeness (QED) is 0.251. The van der Waals surface area contributed by atoms with Gasteiger partial charge in [0.2, 0.25) is 0 Å². The van der Waals surface area contributed by atoms with Crippen LogP contribution in [0.15, 0.2) is 108 Å². The molecular formula is C32H24N4O3S. The predicted molar refractivity (Wildman–Crippen MR) is 160 cm³/mol. The second kappa shape index (κ2) is 10.6. The van der Waals surface area contributed by atoms with Crippen molar-refractivity contribution < 1.29 is 9.53 Å². The highest BCUT2D eigenvalue weighted by atomic mass is 32.1. The Kier molecular flexibility index (Phi) is 6.67. The number of ether oxygens (including phenoxy) is 1.